The minimum atomic E-state index is 0.149. The van der Waals surface area contributed by atoms with Crippen LogP contribution in [0.1, 0.15) is 17.0 Å². The highest BCUT2D eigenvalue weighted by molar-refractivity contribution is 5.43. The van der Waals surface area contributed by atoms with Crippen LogP contribution in [-0.4, -0.2) is 58.7 Å². The lowest BCUT2D eigenvalue weighted by molar-refractivity contribution is 0.273. The van der Waals surface area contributed by atoms with Gasteiger partial charge in [-0.05, 0) is 47.2 Å². The van der Waals surface area contributed by atoms with E-state index in [1.54, 1.807) is 11.8 Å². The molecule has 0 saturated heterocycles. The van der Waals surface area contributed by atoms with Crippen molar-refractivity contribution < 1.29 is 14.6 Å². The lowest BCUT2D eigenvalue weighted by atomic mass is 10.2. The Labute approximate surface area is 176 Å². The molecule has 0 saturated carbocycles. The molecule has 0 amide bonds. The van der Waals surface area contributed by atoms with Crippen LogP contribution in [0.2, 0.25) is 0 Å². The second-order valence-corrected chi connectivity index (χ2v) is 6.77. The Morgan fingerprint density at radius 2 is 1.80 bits per heavy atom. The van der Waals surface area contributed by atoms with Gasteiger partial charge in [0.25, 0.3) is 0 Å². The largest absolute Gasteiger partial charge is 0.493 e. The van der Waals surface area contributed by atoms with E-state index in [0.29, 0.717) is 30.4 Å². The van der Waals surface area contributed by atoms with Gasteiger partial charge in [-0.25, -0.2) is 0 Å². The number of aromatic nitrogens is 4. The predicted octanol–water partition coefficient (Wildman–Crippen LogP) is 1.23. The third kappa shape index (κ3) is 5.99. The van der Waals surface area contributed by atoms with Gasteiger partial charge in [0.15, 0.2) is 23.9 Å². The second-order valence-electron chi connectivity index (χ2n) is 6.77. The van der Waals surface area contributed by atoms with Crippen molar-refractivity contribution in [1.82, 2.24) is 30.8 Å². The molecule has 3 N–H and O–H groups in total. The summed E-state index contributed by atoms with van der Waals surface area (Å²) in [5.41, 5.74) is 3.14. The Bertz CT molecular complexity index is 913. The summed E-state index contributed by atoms with van der Waals surface area (Å²) in [5.74, 6) is 1.88. The molecule has 0 aliphatic rings. The molecule has 9 heteroatoms. The number of ether oxygens (including phenoxy) is 2. The van der Waals surface area contributed by atoms with Crippen molar-refractivity contribution in [3.8, 4) is 17.2 Å². The van der Waals surface area contributed by atoms with Crippen LogP contribution in [0.25, 0.3) is 5.69 Å². The molecule has 3 rings (SSSR count). The number of benzene rings is 2. The molecule has 160 valence electrons. The first-order valence-electron chi connectivity index (χ1n) is 9.87. The molecule has 1 heterocycles. The summed E-state index contributed by atoms with van der Waals surface area (Å²) in [7, 11) is 1.62. The van der Waals surface area contributed by atoms with Gasteiger partial charge in [0, 0.05) is 26.2 Å². The van der Waals surface area contributed by atoms with E-state index in [-0.39, 0.29) is 13.2 Å². The highest BCUT2D eigenvalue weighted by Crippen LogP contribution is 2.28. The zero-order chi connectivity index (χ0) is 21.2. The maximum absolute atomic E-state index is 8.75. The van der Waals surface area contributed by atoms with Gasteiger partial charge in [-0.15, -0.1) is 5.10 Å². The first-order chi connectivity index (χ1) is 14.7. The van der Waals surface area contributed by atoms with Gasteiger partial charge in [-0.3, -0.25) is 0 Å². The lowest BCUT2D eigenvalue weighted by Crippen LogP contribution is -2.28. The zero-order valence-corrected chi connectivity index (χ0v) is 17.3. The third-order valence-corrected chi connectivity index (χ3v) is 4.49. The smallest absolute Gasteiger partial charge is 0.194 e. The zero-order valence-electron chi connectivity index (χ0n) is 17.3. The van der Waals surface area contributed by atoms with E-state index < -0.39 is 0 Å². The minimum Gasteiger partial charge on any atom is -0.493 e. The maximum atomic E-state index is 8.75. The van der Waals surface area contributed by atoms with Gasteiger partial charge in [0.1, 0.15) is 0 Å². The number of aliphatic hydroxyl groups is 1. The van der Waals surface area contributed by atoms with Gasteiger partial charge < -0.3 is 25.2 Å². The molecule has 9 nitrogen and oxygen atoms in total. The number of methoxy groups -OCH3 is 1. The highest BCUT2D eigenvalue weighted by Gasteiger charge is 2.12. The fourth-order valence-electron chi connectivity index (χ4n) is 2.88. The third-order valence-electron chi connectivity index (χ3n) is 4.49. The number of tetrazole rings is 1. The van der Waals surface area contributed by atoms with Gasteiger partial charge in [0.05, 0.1) is 19.4 Å². The number of aliphatic hydroxyl groups excluding tert-OH is 1. The molecular formula is C21H28N6O3. The monoisotopic (exact) mass is 412 g/mol. The van der Waals surface area contributed by atoms with Crippen molar-refractivity contribution in [2.45, 2.75) is 20.1 Å². The van der Waals surface area contributed by atoms with Crippen LogP contribution in [0, 0.1) is 6.92 Å². The Morgan fingerprint density at radius 3 is 2.57 bits per heavy atom. The Balaban J connectivity index is 1.58. The summed E-state index contributed by atoms with van der Waals surface area (Å²) in [6, 6.07) is 13.8. The van der Waals surface area contributed by atoms with Crippen LogP contribution in [-0.2, 0) is 13.2 Å². The molecule has 0 radical (unpaired) electrons. The minimum absolute atomic E-state index is 0.149. The second kappa shape index (κ2) is 11.2. The van der Waals surface area contributed by atoms with E-state index in [9.17, 15) is 0 Å². The van der Waals surface area contributed by atoms with E-state index in [4.69, 9.17) is 14.6 Å². The molecule has 0 aliphatic carbocycles. The van der Waals surface area contributed by atoms with Crippen molar-refractivity contribution in [3.63, 3.8) is 0 Å². The SMILES string of the molecule is COc1cc(CNCCNCCO)ccc1OCc1nnnn1-c1ccc(C)cc1. The molecule has 1 aromatic heterocycles. The van der Waals surface area contributed by atoms with Crippen LogP contribution in [0.4, 0.5) is 0 Å². The standard InChI is InChI=1S/C21H28N6O3/c1-16-3-6-18(7-4-16)27-21(24-25-26-27)15-30-19-8-5-17(13-20(19)29-2)14-23-10-9-22-11-12-28/h3-8,13,22-23,28H,9-12,14-15H2,1-2H3. The fraction of sp³-hybridized carbons (Fsp3) is 0.381. The van der Waals surface area contributed by atoms with E-state index in [2.05, 4.69) is 26.2 Å². The topological polar surface area (TPSA) is 106 Å². The summed E-state index contributed by atoms with van der Waals surface area (Å²) in [6.45, 7) is 5.32. The quantitative estimate of drug-likeness (QED) is 0.382. The Kier molecular flexibility index (Phi) is 8.13. The van der Waals surface area contributed by atoms with Crippen LogP contribution in [0.5, 0.6) is 11.5 Å². The molecule has 0 spiro atoms. The van der Waals surface area contributed by atoms with Gasteiger partial charge in [0.2, 0.25) is 0 Å². The maximum Gasteiger partial charge on any atom is 0.194 e. The first kappa shape index (κ1) is 21.7. The highest BCUT2D eigenvalue weighted by atomic mass is 16.5. The molecule has 0 bridgehead atoms. The molecule has 3 aromatic rings. The van der Waals surface area contributed by atoms with Crippen LogP contribution in [0.3, 0.4) is 0 Å². The molecule has 0 unspecified atom stereocenters. The van der Waals surface area contributed by atoms with Gasteiger partial charge in [-0.2, -0.15) is 4.68 Å². The van der Waals surface area contributed by atoms with E-state index in [1.807, 2.05) is 49.4 Å². The van der Waals surface area contributed by atoms with Crippen molar-refractivity contribution in [3.05, 3.63) is 59.4 Å². The molecule has 0 fully saturated rings. The van der Waals surface area contributed by atoms with Crippen molar-refractivity contribution in [2.24, 2.45) is 0 Å². The summed E-state index contributed by atoms with van der Waals surface area (Å²) in [5, 5.41) is 27.1. The van der Waals surface area contributed by atoms with Crippen LogP contribution < -0.4 is 20.1 Å². The van der Waals surface area contributed by atoms with Crippen LogP contribution in [0.15, 0.2) is 42.5 Å². The summed E-state index contributed by atoms with van der Waals surface area (Å²) >= 11 is 0. The number of hydrogen-bond donors (Lipinski definition) is 3. The molecule has 0 aliphatic heterocycles. The van der Waals surface area contributed by atoms with Crippen molar-refractivity contribution in [2.75, 3.05) is 33.4 Å². The summed E-state index contributed by atoms with van der Waals surface area (Å²) in [4.78, 5) is 0. The normalized spacial score (nSPS) is 10.9. The van der Waals surface area contributed by atoms with E-state index >= 15 is 0 Å². The fourth-order valence-corrected chi connectivity index (χ4v) is 2.88. The Hall–Kier alpha value is -3.01. The number of hydrogen-bond acceptors (Lipinski definition) is 8. The number of aryl methyl sites for hydroxylation is 1. The average Bonchev–Trinajstić information content (AvgIpc) is 3.24. The van der Waals surface area contributed by atoms with Gasteiger partial charge in [-0.1, -0.05) is 23.8 Å². The number of nitrogens with one attached hydrogen (secondary N) is 2. The molecule has 30 heavy (non-hydrogen) atoms. The van der Waals surface area contributed by atoms with Crippen molar-refractivity contribution in [1.29, 1.82) is 0 Å². The number of rotatable bonds is 12. The molecule has 2 aromatic carbocycles. The van der Waals surface area contributed by atoms with E-state index in [0.717, 1.165) is 24.3 Å². The van der Waals surface area contributed by atoms with E-state index in [1.165, 1.54) is 5.56 Å². The molecular weight excluding hydrogens is 384 g/mol. The Morgan fingerprint density at radius 1 is 1.00 bits per heavy atom. The number of nitrogens with zero attached hydrogens (tertiary/aromatic N) is 4. The molecule has 0 atom stereocenters. The lowest BCUT2D eigenvalue weighted by Gasteiger charge is -2.13. The first-order valence-corrected chi connectivity index (χ1v) is 9.87. The predicted molar refractivity (Wildman–Crippen MR) is 113 cm³/mol. The summed E-state index contributed by atoms with van der Waals surface area (Å²) in [6.07, 6.45) is 0. The summed E-state index contributed by atoms with van der Waals surface area (Å²) < 4.78 is 13.1. The van der Waals surface area contributed by atoms with Gasteiger partial charge >= 0.3 is 0 Å². The van der Waals surface area contributed by atoms with Crippen molar-refractivity contribution >= 4 is 0 Å². The average molecular weight is 412 g/mol. The van der Waals surface area contributed by atoms with Crippen LogP contribution >= 0.6 is 0 Å².